The van der Waals surface area contributed by atoms with Gasteiger partial charge in [-0.3, -0.25) is 5.10 Å². The molecule has 3 N–H and O–H groups in total. The SMILES string of the molecule is COc1nc2c3c(nc(-c4c(C(F)(F)F)c(C)cc5[nH]ncc45)c(F)c3n1)OC[C@H](C)N2C(C)c1cc(Cl)cnc1N. The molecule has 1 unspecified atom stereocenters. The van der Waals surface area contributed by atoms with Crippen LogP contribution in [-0.4, -0.2) is 49.9 Å². The maximum atomic E-state index is 16.6. The number of hydrogen-bond acceptors (Lipinski definition) is 9. The van der Waals surface area contributed by atoms with Gasteiger partial charge in [0.05, 0.1) is 41.5 Å². The monoisotopic (exact) mass is 602 g/mol. The summed E-state index contributed by atoms with van der Waals surface area (Å²) in [6, 6.07) is 1.84. The van der Waals surface area contributed by atoms with Gasteiger partial charge in [-0.15, -0.1) is 0 Å². The maximum absolute atomic E-state index is 16.6. The fourth-order valence-electron chi connectivity index (χ4n) is 5.49. The van der Waals surface area contributed by atoms with E-state index in [4.69, 9.17) is 26.8 Å². The third kappa shape index (κ3) is 4.28. The Bertz CT molecular complexity index is 1880. The van der Waals surface area contributed by atoms with E-state index in [-0.39, 0.29) is 57.5 Å². The van der Waals surface area contributed by atoms with E-state index >= 15 is 4.39 Å². The quantitative estimate of drug-likeness (QED) is 0.237. The molecular weight excluding hydrogens is 580 g/mol. The molecule has 5 heterocycles. The van der Waals surface area contributed by atoms with Crippen molar-refractivity contribution in [3.05, 3.63) is 52.1 Å². The van der Waals surface area contributed by atoms with Crippen LogP contribution in [0.1, 0.15) is 36.6 Å². The van der Waals surface area contributed by atoms with Crippen LogP contribution in [0.5, 0.6) is 11.9 Å². The molecule has 1 aromatic carbocycles. The number of fused-ring (bicyclic) bond motifs is 1. The number of aryl methyl sites for hydroxylation is 1. The summed E-state index contributed by atoms with van der Waals surface area (Å²) in [5.74, 6) is -0.826. The van der Waals surface area contributed by atoms with Crippen LogP contribution in [0.25, 0.3) is 33.1 Å². The van der Waals surface area contributed by atoms with Gasteiger partial charge in [0.2, 0.25) is 5.88 Å². The topological polar surface area (TPSA) is 128 Å². The number of aromatic nitrogens is 6. The van der Waals surface area contributed by atoms with Crippen LogP contribution in [0.15, 0.2) is 24.5 Å². The molecule has 42 heavy (non-hydrogen) atoms. The highest BCUT2D eigenvalue weighted by molar-refractivity contribution is 6.30. The number of ether oxygens (including phenoxy) is 2. The molecule has 10 nitrogen and oxygen atoms in total. The summed E-state index contributed by atoms with van der Waals surface area (Å²) in [5, 5.41) is 7.00. The number of nitrogens with zero attached hydrogens (tertiary/aromatic N) is 6. The highest BCUT2D eigenvalue weighted by Gasteiger charge is 2.40. The van der Waals surface area contributed by atoms with E-state index in [0.29, 0.717) is 10.6 Å². The first-order chi connectivity index (χ1) is 19.9. The number of nitrogen functional groups attached to an aromatic ring is 1. The van der Waals surface area contributed by atoms with E-state index in [1.54, 1.807) is 6.07 Å². The van der Waals surface area contributed by atoms with E-state index in [9.17, 15) is 13.2 Å². The highest BCUT2D eigenvalue weighted by atomic mass is 35.5. The second-order valence-corrected chi connectivity index (χ2v) is 10.4. The van der Waals surface area contributed by atoms with Crippen LogP contribution in [0, 0.1) is 12.7 Å². The number of nitrogens with one attached hydrogen (secondary N) is 1. The molecule has 0 aliphatic carbocycles. The van der Waals surface area contributed by atoms with Crippen molar-refractivity contribution in [3.63, 3.8) is 0 Å². The molecule has 0 fully saturated rings. The number of halogens is 5. The Balaban J connectivity index is 1.68. The van der Waals surface area contributed by atoms with Crippen LogP contribution in [0.4, 0.5) is 29.2 Å². The Kier molecular flexibility index (Phi) is 6.48. The number of hydrogen-bond donors (Lipinski definition) is 2. The molecule has 1 aliphatic heterocycles. The summed E-state index contributed by atoms with van der Waals surface area (Å²) in [4.78, 5) is 19.0. The van der Waals surface area contributed by atoms with Gasteiger partial charge in [0.15, 0.2) is 5.82 Å². The Morgan fingerprint density at radius 3 is 2.69 bits per heavy atom. The molecule has 0 amide bonds. The molecular formula is C27H23ClF4N8O2. The number of anilines is 2. The van der Waals surface area contributed by atoms with E-state index < -0.39 is 40.9 Å². The molecule has 6 rings (SSSR count). The Morgan fingerprint density at radius 1 is 1.21 bits per heavy atom. The van der Waals surface area contributed by atoms with Crippen LogP contribution in [-0.2, 0) is 6.18 Å². The lowest BCUT2D eigenvalue weighted by Gasteiger charge is -2.35. The third-order valence-corrected chi connectivity index (χ3v) is 7.53. The Morgan fingerprint density at radius 2 is 1.98 bits per heavy atom. The van der Waals surface area contributed by atoms with E-state index in [1.165, 1.54) is 32.5 Å². The van der Waals surface area contributed by atoms with Crippen molar-refractivity contribution in [2.24, 2.45) is 0 Å². The molecule has 0 bridgehead atoms. The van der Waals surface area contributed by atoms with Crippen LogP contribution in [0.3, 0.4) is 0 Å². The summed E-state index contributed by atoms with van der Waals surface area (Å²) >= 11 is 6.21. The fraction of sp³-hybridized carbons (Fsp3) is 0.296. The van der Waals surface area contributed by atoms with Gasteiger partial charge in [0.25, 0.3) is 0 Å². The number of pyridine rings is 2. The van der Waals surface area contributed by atoms with Crippen molar-refractivity contribution < 1.29 is 27.0 Å². The molecule has 15 heteroatoms. The molecule has 0 saturated carbocycles. The van der Waals surface area contributed by atoms with Gasteiger partial charge in [-0.1, -0.05) is 11.6 Å². The molecule has 218 valence electrons. The molecule has 1 aliphatic rings. The molecule has 0 saturated heterocycles. The van der Waals surface area contributed by atoms with Crippen molar-refractivity contribution >= 4 is 45.0 Å². The summed E-state index contributed by atoms with van der Waals surface area (Å²) < 4.78 is 71.2. The molecule has 2 atom stereocenters. The third-order valence-electron chi connectivity index (χ3n) is 7.32. The predicted molar refractivity (Wildman–Crippen MR) is 148 cm³/mol. The van der Waals surface area contributed by atoms with Gasteiger partial charge >= 0.3 is 12.2 Å². The second kappa shape index (κ2) is 9.82. The Hall–Kier alpha value is -4.46. The van der Waals surface area contributed by atoms with Gasteiger partial charge in [-0.05, 0) is 38.5 Å². The van der Waals surface area contributed by atoms with Crippen molar-refractivity contribution in [3.8, 4) is 23.1 Å². The number of alkyl halides is 3. The molecule has 0 spiro atoms. The average Bonchev–Trinajstić information content (AvgIpc) is 3.35. The van der Waals surface area contributed by atoms with Crippen molar-refractivity contribution in [1.29, 1.82) is 0 Å². The van der Waals surface area contributed by atoms with Gasteiger partial charge in [0.1, 0.15) is 34.8 Å². The largest absolute Gasteiger partial charge is 0.475 e. The highest BCUT2D eigenvalue weighted by Crippen LogP contribution is 2.47. The summed E-state index contributed by atoms with van der Waals surface area (Å²) in [7, 11) is 1.30. The lowest BCUT2D eigenvalue weighted by atomic mass is 9.94. The minimum atomic E-state index is -4.83. The maximum Gasteiger partial charge on any atom is 0.417 e. The minimum Gasteiger partial charge on any atom is -0.475 e. The standard InChI is InChI=1S/C27H23ClF4N8O2/c1-10-5-16-15(8-35-39-16)17(19(10)27(30,31)32)21-20(29)22-18-24(38-26(37-22)41-4)40(11(2)9-42-25(18)36-21)12(3)14-6-13(28)7-34-23(14)33/h5-8,11-12H,9H2,1-4H3,(H2,33,34)(H,35,39)/t11-,12?/m0/s1. The normalized spacial score (nSPS) is 16.0. The zero-order chi connectivity index (χ0) is 30.1. The van der Waals surface area contributed by atoms with Crippen molar-refractivity contribution in [2.45, 2.75) is 39.0 Å². The van der Waals surface area contributed by atoms with E-state index in [0.717, 1.165) is 0 Å². The average molecular weight is 603 g/mol. The Labute approximate surface area is 240 Å². The number of H-pyrrole nitrogens is 1. The van der Waals surface area contributed by atoms with Crippen LogP contribution >= 0.6 is 11.6 Å². The van der Waals surface area contributed by atoms with Gasteiger partial charge in [-0.2, -0.15) is 28.2 Å². The fourth-order valence-corrected chi connectivity index (χ4v) is 5.66. The van der Waals surface area contributed by atoms with Crippen molar-refractivity contribution in [2.75, 3.05) is 24.4 Å². The number of nitrogens with two attached hydrogens (primary N) is 1. The lowest BCUT2D eigenvalue weighted by molar-refractivity contribution is -0.137. The van der Waals surface area contributed by atoms with Crippen molar-refractivity contribution in [1.82, 2.24) is 30.1 Å². The number of methoxy groups -OCH3 is 1. The van der Waals surface area contributed by atoms with Crippen LogP contribution in [0.2, 0.25) is 5.02 Å². The predicted octanol–water partition coefficient (Wildman–Crippen LogP) is 6.02. The van der Waals surface area contributed by atoms with Crippen LogP contribution < -0.4 is 20.1 Å². The van der Waals surface area contributed by atoms with Gasteiger partial charge in [0, 0.05) is 22.7 Å². The molecule has 0 radical (unpaired) electrons. The summed E-state index contributed by atoms with van der Waals surface area (Å²) in [5.41, 5.74) is 4.46. The summed E-state index contributed by atoms with van der Waals surface area (Å²) in [6.45, 7) is 4.98. The smallest absolute Gasteiger partial charge is 0.417 e. The zero-order valence-corrected chi connectivity index (χ0v) is 23.4. The van der Waals surface area contributed by atoms with E-state index in [2.05, 4.69) is 30.1 Å². The zero-order valence-electron chi connectivity index (χ0n) is 22.6. The van der Waals surface area contributed by atoms with E-state index in [1.807, 2.05) is 18.7 Å². The lowest BCUT2D eigenvalue weighted by Crippen LogP contribution is -2.39. The number of aromatic amines is 1. The number of rotatable bonds is 4. The first kappa shape index (κ1) is 27.7. The second-order valence-electron chi connectivity index (χ2n) is 9.98. The van der Waals surface area contributed by atoms with Gasteiger partial charge < -0.3 is 20.1 Å². The van der Waals surface area contributed by atoms with Gasteiger partial charge in [-0.25, -0.2) is 14.4 Å². The summed E-state index contributed by atoms with van der Waals surface area (Å²) in [6.07, 6.45) is -2.21. The minimum absolute atomic E-state index is 0.0190. The molecule has 5 aromatic rings. The number of benzene rings is 1. The first-order valence-electron chi connectivity index (χ1n) is 12.7. The first-order valence-corrected chi connectivity index (χ1v) is 13.1. The molecule has 4 aromatic heterocycles.